The predicted octanol–water partition coefficient (Wildman–Crippen LogP) is 0.651. The molecule has 0 bridgehead atoms. The molecule has 0 radical (unpaired) electrons. The molecule has 1 atom stereocenters. The summed E-state index contributed by atoms with van der Waals surface area (Å²) in [5, 5.41) is 8.82. The molecule has 90 valence electrons. The van der Waals surface area contributed by atoms with Gasteiger partial charge in [0.1, 0.15) is 6.04 Å². The fourth-order valence-electron chi connectivity index (χ4n) is 1.49. The average Bonchev–Trinajstić information content (AvgIpc) is 2.61. The molecule has 1 aliphatic heterocycles. The van der Waals surface area contributed by atoms with Crippen molar-refractivity contribution in [3.8, 4) is 0 Å². The number of carboxylic acid groups (broad SMARTS) is 1. The molecule has 1 fully saturated rings. The number of carbonyl (C=O) groups is 3. The second kappa shape index (κ2) is 5.48. The van der Waals surface area contributed by atoms with Crippen LogP contribution in [0.15, 0.2) is 0 Å². The fraction of sp³-hybridized carbons (Fsp3) is 0.700. The Labute approximate surface area is 93.2 Å². The Morgan fingerprint density at radius 3 is 2.81 bits per heavy atom. The third kappa shape index (κ3) is 2.95. The number of ether oxygens (including phenoxy) is 1. The van der Waals surface area contributed by atoms with E-state index in [9.17, 15) is 14.4 Å². The normalized spacial score (nSPS) is 19.9. The zero-order valence-corrected chi connectivity index (χ0v) is 9.14. The van der Waals surface area contributed by atoms with Gasteiger partial charge in [0, 0.05) is 6.42 Å². The molecule has 0 aliphatic carbocycles. The maximum absolute atomic E-state index is 11.5. The number of carbonyl (C=O) groups excluding carboxylic acids is 2. The second-order valence-corrected chi connectivity index (χ2v) is 3.69. The molecule has 6 heteroatoms. The lowest BCUT2D eigenvalue weighted by molar-refractivity contribution is -0.141. The number of hydrogen-bond donors (Lipinski definition) is 1. The standard InChI is InChI=1S/C10H15NO5/c1-2-3-4-16-10(15)11-6-7(12)5-8(11)9(13)14/h8H,2-6H2,1H3,(H,13,14). The molecule has 1 unspecified atom stereocenters. The first kappa shape index (κ1) is 12.5. The van der Waals surface area contributed by atoms with E-state index in [0.29, 0.717) is 0 Å². The number of unbranched alkanes of at least 4 members (excludes halogenated alkanes) is 1. The van der Waals surface area contributed by atoms with Crippen LogP contribution in [-0.4, -0.2) is 47.0 Å². The number of hydrogen-bond acceptors (Lipinski definition) is 4. The zero-order valence-electron chi connectivity index (χ0n) is 9.14. The topological polar surface area (TPSA) is 83.9 Å². The van der Waals surface area contributed by atoms with Crippen LogP contribution in [0, 0.1) is 0 Å². The van der Waals surface area contributed by atoms with Crippen LogP contribution < -0.4 is 0 Å². The minimum Gasteiger partial charge on any atom is -0.480 e. The van der Waals surface area contributed by atoms with Gasteiger partial charge >= 0.3 is 12.1 Å². The van der Waals surface area contributed by atoms with Crippen molar-refractivity contribution in [2.45, 2.75) is 32.2 Å². The van der Waals surface area contributed by atoms with E-state index < -0.39 is 18.1 Å². The third-order valence-electron chi connectivity index (χ3n) is 2.39. The second-order valence-electron chi connectivity index (χ2n) is 3.69. The smallest absolute Gasteiger partial charge is 0.410 e. The summed E-state index contributed by atoms with van der Waals surface area (Å²) in [6, 6.07) is -1.07. The lowest BCUT2D eigenvalue weighted by Crippen LogP contribution is -2.40. The van der Waals surface area contributed by atoms with Crippen molar-refractivity contribution in [3.05, 3.63) is 0 Å². The summed E-state index contributed by atoms with van der Waals surface area (Å²) in [5.41, 5.74) is 0. The van der Waals surface area contributed by atoms with Crippen LogP contribution in [0.4, 0.5) is 4.79 Å². The van der Waals surface area contributed by atoms with Gasteiger partial charge in [0.2, 0.25) is 0 Å². The number of aliphatic carboxylic acids is 1. The Balaban J connectivity index is 2.53. The molecule has 1 aliphatic rings. The zero-order chi connectivity index (χ0) is 12.1. The summed E-state index contributed by atoms with van der Waals surface area (Å²) >= 11 is 0. The molecule has 6 nitrogen and oxygen atoms in total. The van der Waals surface area contributed by atoms with Gasteiger partial charge in [-0.05, 0) is 6.42 Å². The van der Waals surface area contributed by atoms with Crippen molar-refractivity contribution in [2.75, 3.05) is 13.2 Å². The summed E-state index contributed by atoms with van der Waals surface area (Å²) in [4.78, 5) is 34.3. The van der Waals surface area contributed by atoms with Gasteiger partial charge in [-0.25, -0.2) is 9.59 Å². The van der Waals surface area contributed by atoms with Crippen LogP contribution >= 0.6 is 0 Å². The Morgan fingerprint density at radius 1 is 1.56 bits per heavy atom. The van der Waals surface area contributed by atoms with Crippen molar-refractivity contribution < 1.29 is 24.2 Å². The minimum absolute atomic E-state index is 0.127. The van der Waals surface area contributed by atoms with E-state index in [1.54, 1.807) is 0 Å². The highest BCUT2D eigenvalue weighted by Crippen LogP contribution is 2.16. The van der Waals surface area contributed by atoms with Gasteiger partial charge in [0.15, 0.2) is 5.78 Å². The van der Waals surface area contributed by atoms with Crippen LogP contribution in [0.1, 0.15) is 26.2 Å². The lowest BCUT2D eigenvalue weighted by Gasteiger charge is -2.19. The molecule has 0 aromatic heterocycles. The maximum atomic E-state index is 11.5. The van der Waals surface area contributed by atoms with Crippen molar-refractivity contribution in [1.29, 1.82) is 0 Å². The Hall–Kier alpha value is -1.59. The Bertz CT molecular complexity index is 302. The quantitative estimate of drug-likeness (QED) is 0.715. The molecule has 0 spiro atoms. The number of rotatable bonds is 4. The molecule has 1 saturated heterocycles. The average molecular weight is 229 g/mol. The Kier molecular flexibility index (Phi) is 4.28. The Morgan fingerprint density at radius 2 is 2.25 bits per heavy atom. The highest BCUT2D eigenvalue weighted by atomic mass is 16.6. The first-order chi connectivity index (χ1) is 7.56. The third-order valence-corrected chi connectivity index (χ3v) is 2.39. The monoisotopic (exact) mass is 229 g/mol. The molecule has 0 saturated carbocycles. The van der Waals surface area contributed by atoms with Crippen molar-refractivity contribution in [2.24, 2.45) is 0 Å². The van der Waals surface area contributed by atoms with Gasteiger partial charge in [-0.15, -0.1) is 0 Å². The van der Waals surface area contributed by atoms with E-state index in [4.69, 9.17) is 9.84 Å². The highest BCUT2D eigenvalue weighted by Gasteiger charge is 2.39. The van der Waals surface area contributed by atoms with Gasteiger partial charge in [-0.3, -0.25) is 9.69 Å². The number of nitrogens with zero attached hydrogens (tertiary/aromatic N) is 1. The summed E-state index contributed by atoms with van der Waals surface area (Å²) in [5.74, 6) is -1.42. The van der Waals surface area contributed by atoms with Crippen LogP contribution in [0.5, 0.6) is 0 Å². The molecule has 0 aromatic carbocycles. The number of carboxylic acids is 1. The molecule has 0 aromatic rings. The van der Waals surface area contributed by atoms with Gasteiger partial charge in [-0.2, -0.15) is 0 Å². The minimum atomic E-state index is -1.17. The number of ketones is 1. The number of likely N-dealkylation sites (tertiary alicyclic amines) is 1. The van der Waals surface area contributed by atoms with Crippen molar-refractivity contribution >= 4 is 17.8 Å². The van der Waals surface area contributed by atoms with Gasteiger partial charge in [0.25, 0.3) is 0 Å². The van der Waals surface area contributed by atoms with Crippen LogP contribution in [-0.2, 0) is 14.3 Å². The van der Waals surface area contributed by atoms with E-state index >= 15 is 0 Å². The van der Waals surface area contributed by atoms with E-state index in [0.717, 1.165) is 17.7 Å². The van der Waals surface area contributed by atoms with Gasteiger partial charge in [0.05, 0.1) is 13.2 Å². The van der Waals surface area contributed by atoms with E-state index in [1.165, 1.54) is 0 Å². The van der Waals surface area contributed by atoms with E-state index in [-0.39, 0.29) is 25.4 Å². The summed E-state index contributed by atoms with van der Waals surface area (Å²) in [6.45, 7) is 2.04. The van der Waals surface area contributed by atoms with Gasteiger partial charge < -0.3 is 9.84 Å². The molecular formula is C10H15NO5. The summed E-state index contributed by atoms with van der Waals surface area (Å²) < 4.78 is 4.87. The first-order valence-corrected chi connectivity index (χ1v) is 5.24. The van der Waals surface area contributed by atoms with Crippen LogP contribution in [0.25, 0.3) is 0 Å². The molecule has 1 amide bonds. The first-order valence-electron chi connectivity index (χ1n) is 5.24. The molecule has 1 N–H and O–H groups in total. The van der Waals surface area contributed by atoms with Crippen molar-refractivity contribution in [1.82, 2.24) is 4.90 Å². The van der Waals surface area contributed by atoms with Crippen LogP contribution in [0.3, 0.4) is 0 Å². The fourth-order valence-corrected chi connectivity index (χ4v) is 1.49. The van der Waals surface area contributed by atoms with E-state index in [2.05, 4.69) is 0 Å². The van der Waals surface area contributed by atoms with Gasteiger partial charge in [-0.1, -0.05) is 13.3 Å². The highest BCUT2D eigenvalue weighted by molar-refractivity contribution is 5.95. The maximum Gasteiger partial charge on any atom is 0.410 e. The molecule has 1 rings (SSSR count). The SMILES string of the molecule is CCCCOC(=O)N1CC(=O)CC1C(=O)O. The predicted molar refractivity (Wildman–Crippen MR) is 54.0 cm³/mol. The van der Waals surface area contributed by atoms with E-state index in [1.807, 2.05) is 6.92 Å². The number of amides is 1. The molecular weight excluding hydrogens is 214 g/mol. The largest absolute Gasteiger partial charge is 0.480 e. The number of Topliss-reactive ketones (excluding diaryl/α,β-unsaturated/α-hetero) is 1. The molecule has 1 heterocycles. The summed E-state index contributed by atoms with van der Waals surface area (Å²) in [7, 11) is 0. The van der Waals surface area contributed by atoms with Crippen molar-refractivity contribution in [3.63, 3.8) is 0 Å². The summed E-state index contributed by atoms with van der Waals surface area (Å²) in [6.07, 6.45) is 0.768. The van der Waals surface area contributed by atoms with Crippen LogP contribution in [0.2, 0.25) is 0 Å². The molecule has 16 heavy (non-hydrogen) atoms. The lowest BCUT2D eigenvalue weighted by atomic mass is 10.2.